The van der Waals surface area contributed by atoms with Crippen molar-refractivity contribution in [1.29, 1.82) is 0 Å². The predicted octanol–water partition coefficient (Wildman–Crippen LogP) is 2.14. The average Bonchev–Trinajstić information content (AvgIpc) is 2.93. The van der Waals surface area contributed by atoms with E-state index in [9.17, 15) is 0 Å². The van der Waals surface area contributed by atoms with Crippen molar-refractivity contribution >= 4 is 11.6 Å². The van der Waals surface area contributed by atoms with Gasteiger partial charge in [0.1, 0.15) is 5.82 Å². The number of halogens is 1. The summed E-state index contributed by atoms with van der Waals surface area (Å²) in [6, 6.07) is 0. The Labute approximate surface area is 93.4 Å². The van der Waals surface area contributed by atoms with Crippen molar-refractivity contribution in [1.82, 2.24) is 15.2 Å². The second-order valence-electron chi connectivity index (χ2n) is 4.41. The van der Waals surface area contributed by atoms with Crippen LogP contribution in [0.5, 0.6) is 0 Å². The first kappa shape index (κ1) is 9.60. The minimum Gasteiger partial charge on any atom is -0.374 e. The van der Waals surface area contributed by atoms with Crippen molar-refractivity contribution in [3.05, 3.63) is 11.6 Å². The minimum absolute atomic E-state index is 0.130. The number of H-pyrrole nitrogens is 1. The Kier molecular flexibility index (Phi) is 2.21. The van der Waals surface area contributed by atoms with E-state index in [1.165, 1.54) is 6.42 Å². The molecule has 15 heavy (non-hydrogen) atoms. The van der Waals surface area contributed by atoms with Crippen molar-refractivity contribution in [3.63, 3.8) is 0 Å². The third-order valence-electron chi connectivity index (χ3n) is 3.33. The minimum atomic E-state index is -0.130. The van der Waals surface area contributed by atoms with E-state index in [1.807, 2.05) is 6.92 Å². The summed E-state index contributed by atoms with van der Waals surface area (Å²) in [5, 5.41) is 6.98. The largest absolute Gasteiger partial charge is 0.374 e. The molecule has 1 aromatic heterocycles. The topological polar surface area (TPSA) is 50.8 Å². The maximum absolute atomic E-state index is 5.93. The molecule has 4 unspecified atom stereocenters. The van der Waals surface area contributed by atoms with Gasteiger partial charge in [0.25, 0.3) is 0 Å². The summed E-state index contributed by atoms with van der Waals surface area (Å²) < 4.78 is 5.79. The zero-order chi connectivity index (χ0) is 10.4. The van der Waals surface area contributed by atoms with Crippen molar-refractivity contribution in [2.24, 2.45) is 0 Å². The fraction of sp³-hybridized carbons (Fsp3) is 0.800. The third kappa shape index (κ3) is 1.56. The van der Waals surface area contributed by atoms with E-state index in [-0.39, 0.29) is 5.38 Å². The van der Waals surface area contributed by atoms with Crippen LogP contribution in [-0.2, 0) is 4.74 Å². The predicted molar refractivity (Wildman–Crippen MR) is 55.9 cm³/mol. The first-order chi connectivity index (χ1) is 7.24. The molecular weight excluding hydrogens is 214 g/mol. The molecule has 0 spiro atoms. The highest BCUT2D eigenvalue weighted by atomic mass is 35.5. The number of fused-ring (bicyclic) bond motifs is 2. The molecule has 3 rings (SSSR count). The first-order valence-electron chi connectivity index (χ1n) is 5.46. The van der Waals surface area contributed by atoms with E-state index in [0.717, 1.165) is 18.7 Å². The molecule has 3 heterocycles. The van der Waals surface area contributed by atoms with Crippen molar-refractivity contribution in [3.8, 4) is 0 Å². The lowest BCUT2D eigenvalue weighted by atomic mass is 9.89. The highest BCUT2D eigenvalue weighted by molar-refractivity contribution is 6.20. The first-order valence-corrected chi connectivity index (χ1v) is 5.89. The summed E-state index contributed by atoms with van der Waals surface area (Å²) in [7, 11) is 0. The molecule has 4 nitrogen and oxygen atoms in total. The lowest BCUT2D eigenvalue weighted by Crippen LogP contribution is -2.15. The zero-order valence-electron chi connectivity index (χ0n) is 8.61. The summed E-state index contributed by atoms with van der Waals surface area (Å²) >= 11 is 5.93. The van der Waals surface area contributed by atoms with Crippen molar-refractivity contribution in [2.75, 3.05) is 0 Å². The number of aromatic amines is 1. The van der Waals surface area contributed by atoms with E-state index >= 15 is 0 Å². The third-order valence-corrected chi connectivity index (χ3v) is 3.53. The molecule has 5 heteroatoms. The van der Waals surface area contributed by atoms with Crippen LogP contribution in [0.2, 0.25) is 0 Å². The Hall–Kier alpha value is -0.610. The lowest BCUT2D eigenvalue weighted by Gasteiger charge is -2.14. The molecule has 1 aromatic rings. The van der Waals surface area contributed by atoms with Gasteiger partial charge in [-0.1, -0.05) is 0 Å². The summed E-state index contributed by atoms with van der Waals surface area (Å²) in [6.45, 7) is 1.88. The van der Waals surface area contributed by atoms with E-state index < -0.39 is 0 Å². The van der Waals surface area contributed by atoms with Gasteiger partial charge in [-0.3, -0.25) is 5.10 Å². The number of nitrogens with one attached hydrogen (secondary N) is 1. The van der Waals surface area contributed by atoms with Crippen LogP contribution in [0.4, 0.5) is 0 Å². The average molecular weight is 228 g/mol. The number of hydrogen-bond donors (Lipinski definition) is 1. The van der Waals surface area contributed by atoms with Crippen molar-refractivity contribution < 1.29 is 4.74 Å². The normalized spacial score (nSPS) is 36.0. The Balaban J connectivity index is 1.81. The second kappa shape index (κ2) is 3.46. The van der Waals surface area contributed by atoms with Crippen LogP contribution in [-0.4, -0.2) is 27.4 Å². The van der Waals surface area contributed by atoms with E-state index in [1.54, 1.807) is 0 Å². The monoisotopic (exact) mass is 227 g/mol. The molecule has 0 amide bonds. The summed E-state index contributed by atoms with van der Waals surface area (Å²) in [5.74, 6) is 2.04. The smallest absolute Gasteiger partial charge is 0.168 e. The molecule has 0 aromatic carbocycles. The molecule has 1 N–H and O–H groups in total. The van der Waals surface area contributed by atoms with Gasteiger partial charge in [-0.25, -0.2) is 4.98 Å². The number of rotatable bonds is 2. The van der Waals surface area contributed by atoms with Gasteiger partial charge in [0.2, 0.25) is 0 Å². The molecule has 82 valence electrons. The van der Waals surface area contributed by atoms with Crippen LogP contribution >= 0.6 is 11.6 Å². The van der Waals surface area contributed by atoms with Crippen LogP contribution in [0.15, 0.2) is 0 Å². The summed E-state index contributed by atoms with van der Waals surface area (Å²) in [5.41, 5.74) is 0. The van der Waals surface area contributed by atoms with E-state index in [2.05, 4.69) is 15.2 Å². The van der Waals surface area contributed by atoms with E-state index in [4.69, 9.17) is 16.3 Å². The summed E-state index contributed by atoms with van der Waals surface area (Å²) in [4.78, 5) is 4.43. The van der Waals surface area contributed by atoms with Crippen LogP contribution in [0.3, 0.4) is 0 Å². The van der Waals surface area contributed by atoms with Gasteiger partial charge in [-0.15, -0.1) is 11.6 Å². The summed E-state index contributed by atoms with van der Waals surface area (Å²) in [6.07, 6.45) is 4.23. The van der Waals surface area contributed by atoms with Gasteiger partial charge in [0.15, 0.2) is 5.82 Å². The van der Waals surface area contributed by atoms with Crippen LogP contribution in [0, 0.1) is 0 Å². The molecule has 2 bridgehead atoms. The molecular formula is C10H14ClN3O. The number of nitrogens with zero attached hydrogens (tertiary/aromatic N) is 2. The Bertz CT molecular complexity index is 365. The maximum Gasteiger partial charge on any atom is 0.168 e. The molecule has 0 radical (unpaired) electrons. The fourth-order valence-corrected chi connectivity index (χ4v) is 2.65. The van der Waals surface area contributed by atoms with Crippen molar-refractivity contribution in [2.45, 2.75) is 49.7 Å². The maximum atomic E-state index is 5.93. The van der Waals surface area contributed by atoms with Crippen LogP contribution in [0.1, 0.15) is 49.1 Å². The van der Waals surface area contributed by atoms with Gasteiger partial charge in [0.05, 0.1) is 17.6 Å². The quantitative estimate of drug-likeness (QED) is 0.788. The number of hydrogen-bond acceptors (Lipinski definition) is 3. The molecule has 2 saturated heterocycles. The Morgan fingerprint density at radius 1 is 1.53 bits per heavy atom. The Morgan fingerprint density at radius 2 is 2.40 bits per heavy atom. The van der Waals surface area contributed by atoms with Gasteiger partial charge >= 0.3 is 0 Å². The van der Waals surface area contributed by atoms with Gasteiger partial charge < -0.3 is 4.74 Å². The fourth-order valence-electron chi connectivity index (χ4n) is 2.56. The molecule has 2 fully saturated rings. The van der Waals surface area contributed by atoms with Gasteiger partial charge in [0, 0.05) is 5.92 Å². The SMILES string of the molecule is CC(Cl)c1n[nH]c(C2CC3CCC2O3)n1. The number of aromatic nitrogens is 3. The van der Waals surface area contributed by atoms with Crippen LogP contribution < -0.4 is 0 Å². The Morgan fingerprint density at radius 3 is 2.93 bits per heavy atom. The number of alkyl halides is 1. The van der Waals surface area contributed by atoms with Gasteiger partial charge in [-0.05, 0) is 26.2 Å². The standard InChI is InChI=1S/C10H14ClN3O/c1-5(11)9-12-10(14-13-9)7-4-6-2-3-8(7)15-6/h5-8H,2-4H2,1H3,(H,12,13,14). The molecule has 4 atom stereocenters. The van der Waals surface area contributed by atoms with Crippen LogP contribution in [0.25, 0.3) is 0 Å². The molecule has 2 aliphatic rings. The molecule has 2 aliphatic heterocycles. The molecule has 0 saturated carbocycles. The van der Waals surface area contributed by atoms with Gasteiger partial charge in [-0.2, -0.15) is 5.10 Å². The second-order valence-corrected chi connectivity index (χ2v) is 5.07. The lowest BCUT2D eigenvalue weighted by molar-refractivity contribution is 0.0999. The van der Waals surface area contributed by atoms with E-state index in [0.29, 0.717) is 24.0 Å². The highest BCUT2D eigenvalue weighted by Crippen LogP contribution is 2.43. The highest BCUT2D eigenvalue weighted by Gasteiger charge is 2.43. The number of ether oxygens (including phenoxy) is 1. The zero-order valence-corrected chi connectivity index (χ0v) is 9.37. The molecule has 0 aliphatic carbocycles.